The molecule has 38 heavy (non-hydrogen) atoms. The van der Waals surface area contributed by atoms with Crippen molar-refractivity contribution in [2.24, 2.45) is 5.10 Å². The summed E-state index contributed by atoms with van der Waals surface area (Å²) in [6, 6.07) is 11.2. The first-order valence-corrected chi connectivity index (χ1v) is 13.2. The van der Waals surface area contributed by atoms with E-state index in [1.807, 2.05) is 31.2 Å². The molecule has 1 saturated heterocycles. The molecule has 3 rings (SSSR count). The molecule has 1 fully saturated rings. The van der Waals surface area contributed by atoms with Crippen LogP contribution in [0.15, 0.2) is 46.0 Å². The Balaban J connectivity index is 1.54. The monoisotopic (exact) mass is 588 g/mol. The smallest absolute Gasteiger partial charge is 0.329 e. The molecule has 1 aliphatic heterocycles. The van der Waals surface area contributed by atoms with Gasteiger partial charge in [-0.25, -0.2) is 5.43 Å². The third kappa shape index (κ3) is 8.56. The number of benzene rings is 2. The summed E-state index contributed by atoms with van der Waals surface area (Å²) in [5.41, 5.74) is 4.90. The molecule has 11 heteroatoms. The molecule has 2 aromatic carbocycles. The second-order valence-electron chi connectivity index (χ2n) is 8.82. The zero-order chi connectivity index (χ0) is 27.5. The molecule has 0 bridgehead atoms. The minimum absolute atomic E-state index is 0.137. The van der Waals surface area contributed by atoms with Gasteiger partial charge < -0.3 is 24.4 Å². The lowest BCUT2D eigenvalue weighted by Gasteiger charge is -2.27. The Morgan fingerprint density at radius 3 is 2.47 bits per heavy atom. The largest absolute Gasteiger partial charge is 0.490 e. The number of hydrogen-bond donors (Lipinski definition) is 2. The summed E-state index contributed by atoms with van der Waals surface area (Å²) in [7, 11) is 0. The van der Waals surface area contributed by atoms with Crippen LogP contribution in [0.5, 0.6) is 11.5 Å². The SMILES string of the molecule is CCOc1cc(/C=N\NC(=O)C(=O)NCc2ccc(C(C)C)cc2)cc(Br)c1OCC(=O)N1CCOCC1. The maximum atomic E-state index is 12.4. The molecule has 0 radical (unpaired) electrons. The lowest BCUT2D eigenvalue weighted by molar-refractivity contribution is -0.139. The number of morpholine rings is 1. The minimum Gasteiger partial charge on any atom is -0.490 e. The number of carbonyl (C=O) groups is 3. The molecule has 1 heterocycles. The number of ether oxygens (including phenoxy) is 3. The van der Waals surface area contributed by atoms with E-state index in [2.05, 4.69) is 45.6 Å². The number of hydrazone groups is 1. The van der Waals surface area contributed by atoms with Crippen LogP contribution in [0.2, 0.25) is 0 Å². The molecule has 10 nitrogen and oxygen atoms in total. The summed E-state index contributed by atoms with van der Waals surface area (Å²) < 4.78 is 17.3. The number of nitrogens with zero attached hydrogens (tertiary/aromatic N) is 2. The Morgan fingerprint density at radius 2 is 1.82 bits per heavy atom. The molecule has 0 aliphatic carbocycles. The fraction of sp³-hybridized carbons (Fsp3) is 0.407. The van der Waals surface area contributed by atoms with Crippen LogP contribution < -0.4 is 20.2 Å². The van der Waals surface area contributed by atoms with Gasteiger partial charge in [0, 0.05) is 19.6 Å². The van der Waals surface area contributed by atoms with E-state index in [4.69, 9.17) is 14.2 Å². The van der Waals surface area contributed by atoms with Gasteiger partial charge in [0.1, 0.15) is 0 Å². The molecule has 3 amide bonds. The van der Waals surface area contributed by atoms with E-state index < -0.39 is 11.8 Å². The van der Waals surface area contributed by atoms with Crippen LogP contribution in [0.1, 0.15) is 43.4 Å². The highest BCUT2D eigenvalue weighted by atomic mass is 79.9. The van der Waals surface area contributed by atoms with Gasteiger partial charge in [0.15, 0.2) is 18.1 Å². The average Bonchev–Trinajstić information content (AvgIpc) is 2.92. The number of halogens is 1. The van der Waals surface area contributed by atoms with Gasteiger partial charge in [-0.1, -0.05) is 38.1 Å². The molecule has 0 spiro atoms. The van der Waals surface area contributed by atoms with E-state index in [1.54, 1.807) is 17.0 Å². The van der Waals surface area contributed by atoms with Crippen molar-refractivity contribution in [3.05, 3.63) is 57.6 Å². The number of hydrogen-bond acceptors (Lipinski definition) is 7. The van der Waals surface area contributed by atoms with E-state index in [0.717, 1.165) is 5.56 Å². The molecule has 0 atom stereocenters. The zero-order valence-corrected chi connectivity index (χ0v) is 23.4. The van der Waals surface area contributed by atoms with Crippen LogP contribution in [-0.4, -0.2) is 68.4 Å². The number of rotatable bonds is 10. The van der Waals surface area contributed by atoms with Gasteiger partial charge >= 0.3 is 11.8 Å². The summed E-state index contributed by atoms with van der Waals surface area (Å²) in [6.45, 7) is 8.60. The number of amides is 3. The predicted molar refractivity (Wildman–Crippen MR) is 146 cm³/mol. The minimum atomic E-state index is -0.884. The van der Waals surface area contributed by atoms with Crippen molar-refractivity contribution in [2.75, 3.05) is 39.5 Å². The highest BCUT2D eigenvalue weighted by Gasteiger charge is 2.19. The van der Waals surface area contributed by atoms with Gasteiger partial charge in [0.25, 0.3) is 5.91 Å². The second-order valence-corrected chi connectivity index (χ2v) is 9.68. The third-order valence-electron chi connectivity index (χ3n) is 5.72. The topological polar surface area (TPSA) is 119 Å². The van der Waals surface area contributed by atoms with E-state index in [0.29, 0.717) is 60.4 Å². The van der Waals surface area contributed by atoms with Gasteiger partial charge in [0.2, 0.25) is 0 Å². The molecule has 0 aromatic heterocycles. The number of nitrogens with one attached hydrogen (secondary N) is 2. The molecule has 204 valence electrons. The second kappa shape index (κ2) is 14.5. The van der Waals surface area contributed by atoms with Crippen LogP contribution in [0.3, 0.4) is 0 Å². The highest BCUT2D eigenvalue weighted by Crippen LogP contribution is 2.36. The average molecular weight is 589 g/mol. The van der Waals surface area contributed by atoms with Gasteiger partial charge in [0.05, 0.1) is 30.5 Å². The lowest BCUT2D eigenvalue weighted by Crippen LogP contribution is -2.43. The third-order valence-corrected chi connectivity index (χ3v) is 6.31. The normalized spacial score (nSPS) is 13.4. The Morgan fingerprint density at radius 1 is 1.11 bits per heavy atom. The molecular weight excluding hydrogens is 556 g/mol. The first-order valence-electron chi connectivity index (χ1n) is 12.4. The first-order chi connectivity index (χ1) is 18.3. The lowest BCUT2D eigenvalue weighted by atomic mass is 10.0. The summed E-state index contributed by atoms with van der Waals surface area (Å²) in [4.78, 5) is 38.4. The quantitative estimate of drug-likeness (QED) is 0.250. The number of carbonyl (C=O) groups excluding carboxylic acids is 3. The van der Waals surface area contributed by atoms with E-state index >= 15 is 0 Å². The van der Waals surface area contributed by atoms with Crippen LogP contribution in [0.4, 0.5) is 0 Å². The van der Waals surface area contributed by atoms with E-state index in [9.17, 15) is 14.4 Å². The molecule has 2 N–H and O–H groups in total. The summed E-state index contributed by atoms with van der Waals surface area (Å²) in [5.74, 6) is -0.602. The molecule has 2 aromatic rings. The van der Waals surface area contributed by atoms with Gasteiger partial charge in [-0.3, -0.25) is 14.4 Å². The maximum absolute atomic E-state index is 12.4. The van der Waals surface area contributed by atoms with Crippen molar-refractivity contribution < 1.29 is 28.6 Å². The Bertz CT molecular complexity index is 1150. The van der Waals surface area contributed by atoms with Gasteiger partial charge in [-0.05, 0) is 57.6 Å². The van der Waals surface area contributed by atoms with Crippen LogP contribution in [0, 0.1) is 0 Å². The Labute approximate surface area is 230 Å². The Kier molecular flexibility index (Phi) is 11.1. The first kappa shape index (κ1) is 29.1. The van der Waals surface area contributed by atoms with Crippen LogP contribution in [-0.2, 0) is 25.7 Å². The standard InChI is InChI=1S/C27H33BrN4O6/c1-4-37-23-14-20(13-22(28)25(23)38-17-24(33)32-9-11-36-12-10-32)16-30-31-27(35)26(34)29-15-19-5-7-21(8-6-19)18(2)3/h5-8,13-14,16,18H,4,9-12,15,17H2,1-3H3,(H,29,34)(H,31,35)/b30-16-. The van der Waals surface area contributed by atoms with Gasteiger partial charge in [-0.2, -0.15) is 5.10 Å². The summed E-state index contributed by atoms with van der Waals surface area (Å²) >= 11 is 3.45. The maximum Gasteiger partial charge on any atom is 0.329 e. The molecule has 0 saturated carbocycles. The fourth-order valence-corrected chi connectivity index (χ4v) is 4.18. The van der Waals surface area contributed by atoms with Crippen molar-refractivity contribution in [1.29, 1.82) is 0 Å². The predicted octanol–water partition coefficient (Wildman–Crippen LogP) is 2.98. The van der Waals surface area contributed by atoms with Crippen molar-refractivity contribution in [3.63, 3.8) is 0 Å². The zero-order valence-electron chi connectivity index (χ0n) is 21.8. The van der Waals surface area contributed by atoms with E-state index in [1.165, 1.54) is 11.8 Å². The van der Waals surface area contributed by atoms with Crippen molar-refractivity contribution in [2.45, 2.75) is 33.2 Å². The Hall–Kier alpha value is -3.44. The summed E-state index contributed by atoms with van der Waals surface area (Å²) in [5, 5.41) is 6.46. The van der Waals surface area contributed by atoms with Crippen LogP contribution >= 0.6 is 15.9 Å². The van der Waals surface area contributed by atoms with Gasteiger partial charge in [-0.15, -0.1) is 0 Å². The van der Waals surface area contributed by atoms with Crippen molar-refractivity contribution in [3.8, 4) is 11.5 Å². The van der Waals surface area contributed by atoms with E-state index in [-0.39, 0.29) is 19.1 Å². The van der Waals surface area contributed by atoms with Crippen molar-refractivity contribution >= 4 is 39.9 Å². The fourth-order valence-electron chi connectivity index (χ4n) is 3.60. The molecule has 1 aliphatic rings. The molecule has 0 unspecified atom stereocenters. The highest BCUT2D eigenvalue weighted by molar-refractivity contribution is 9.10. The molecular formula is C27H33BrN4O6. The summed E-state index contributed by atoms with van der Waals surface area (Å²) in [6.07, 6.45) is 1.38. The van der Waals surface area contributed by atoms with Crippen LogP contribution in [0.25, 0.3) is 0 Å². The van der Waals surface area contributed by atoms with Crippen molar-refractivity contribution in [1.82, 2.24) is 15.6 Å².